The molecule has 0 bridgehead atoms. The minimum Gasteiger partial charge on any atom is -0.455 e. The van der Waals surface area contributed by atoms with Gasteiger partial charge in [0.1, 0.15) is 17.8 Å². The van der Waals surface area contributed by atoms with Crippen LogP contribution in [0.5, 0.6) is 11.5 Å². The number of halogens is 2. The molecule has 1 unspecified atom stereocenters. The summed E-state index contributed by atoms with van der Waals surface area (Å²) in [7, 11) is 0. The smallest absolute Gasteiger partial charge is 0.145 e. The van der Waals surface area contributed by atoms with E-state index in [1.165, 1.54) is 0 Å². The molecule has 0 spiro atoms. The molecule has 1 aliphatic rings. The van der Waals surface area contributed by atoms with Crippen LogP contribution in [0.4, 0.5) is 0 Å². The second kappa shape index (κ2) is 4.52. The molecule has 90 valence electrons. The molecule has 3 rings (SSSR count). The van der Waals surface area contributed by atoms with Crippen LogP contribution in [-0.4, -0.2) is 6.29 Å². The summed E-state index contributed by atoms with van der Waals surface area (Å²) in [6, 6.07) is 11.5. The van der Waals surface area contributed by atoms with Gasteiger partial charge in [-0.15, -0.1) is 0 Å². The van der Waals surface area contributed by atoms with Crippen LogP contribution in [0, 0.1) is 0 Å². The molecule has 1 atom stereocenters. The predicted octanol–water partition coefficient (Wildman–Crippen LogP) is 4.65. The molecule has 0 N–H and O–H groups in total. The second-order valence-electron chi connectivity index (χ2n) is 4.06. The number of benzene rings is 2. The monoisotopic (exact) mass is 366 g/mol. The van der Waals surface area contributed by atoms with Crippen LogP contribution in [0.25, 0.3) is 0 Å². The Hall–Kier alpha value is -1.13. The third kappa shape index (κ3) is 1.80. The van der Waals surface area contributed by atoms with Crippen LogP contribution in [0.15, 0.2) is 45.3 Å². The van der Waals surface area contributed by atoms with Gasteiger partial charge in [-0.3, -0.25) is 0 Å². The average Bonchev–Trinajstić information content (AvgIpc) is 2.37. The summed E-state index contributed by atoms with van der Waals surface area (Å²) in [5, 5.41) is 0. The van der Waals surface area contributed by atoms with E-state index in [0.29, 0.717) is 0 Å². The number of rotatable bonds is 1. The van der Waals surface area contributed by atoms with Crippen molar-refractivity contribution in [3.8, 4) is 11.5 Å². The molecule has 18 heavy (non-hydrogen) atoms. The normalized spacial score (nSPS) is 16.4. The molecule has 1 aliphatic heterocycles. The van der Waals surface area contributed by atoms with Gasteiger partial charge >= 0.3 is 0 Å². The molecule has 0 fully saturated rings. The van der Waals surface area contributed by atoms with Gasteiger partial charge in [0.15, 0.2) is 0 Å². The summed E-state index contributed by atoms with van der Waals surface area (Å²) in [6.07, 6.45) is 0.959. The lowest BCUT2D eigenvalue weighted by molar-refractivity contribution is -0.108. The number of carbonyl (C=O) groups is 1. The molecule has 2 aromatic rings. The third-order valence-electron chi connectivity index (χ3n) is 2.99. The van der Waals surface area contributed by atoms with Crippen molar-refractivity contribution in [3.05, 3.63) is 56.5 Å². The van der Waals surface area contributed by atoms with Crippen LogP contribution >= 0.6 is 31.9 Å². The van der Waals surface area contributed by atoms with Gasteiger partial charge in [-0.2, -0.15) is 0 Å². The lowest BCUT2D eigenvalue weighted by Gasteiger charge is -2.25. The summed E-state index contributed by atoms with van der Waals surface area (Å²) in [5.41, 5.74) is 1.80. The van der Waals surface area contributed by atoms with Crippen molar-refractivity contribution in [1.29, 1.82) is 0 Å². The predicted molar refractivity (Wildman–Crippen MR) is 76.3 cm³/mol. The maximum Gasteiger partial charge on any atom is 0.145 e. The van der Waals surface area contributed by atoms with Crippen LogP contribution in [0.2, 0.25) is 0 Å². The standard InChI is InChI=1S/C14H8Br2O2/c15-8-4-5-9-11(7-17)10-2-1-3-12(16)14(10)18-13(9)6-8/h1-7,11H. The summed E-state index contributed by atoms with van der Waals surface area (Å²) < 4.78 is 7.68. The van der Waals surface area contributed by atoms with Crippen molar-refractivity contribution in [2.24, 2.45) is 0 Å². The molecule has 1 heterocycles. The Morgan fingerprint density at radius 2 is 1.94 bits per heavy atom. The van der Waals surface area contributed by atoms with Crippen LogP contribution in [0.3, 0.4) is 0 Å². The quantitative estimate of drug-likeness (QED) is 0.686. The highest BCUT2D eigenvalue weighted by Gasteiger charge is 2.28. The number of hydrogen-bond donors (Lipinski definition) is 0. The fourth-order valence-electron chi connectivity index (χ4n) is 2.16. The van der Waals surface area contributed by atoms with Crippen molar-refractivity contribution in [2.75, 3.05) is 0 Å². The van der Waals surface area contributed by atoms with E-state index in [4.69, 9.17) is 4.74 Å². The molecule has 0 saturated heterocycles. The van der Waals surface area contributed by atoms with E-state index in [1.807, 2.05) is 36.4 Å². The van der Waals surface area contributed by atoms with Gasteiger partial charge < -0.3 is 9.53 Å². The van der Waals surface area contributed by atoms with E-state index >= 15 is 0 Å². The first-order chi connectivity index (χ1) is 8.70. The average molecular weight is 368 g/mol. The second-order valence-corrected chi connectivity index (χ2v) is 5.83. The molecule has 4 heteroatoms. The molecule has 2 nitrogen and oxygen atoms in total. The summed E-state index contributed by atoms with van der Waals surface area (Å²) in [6.45, 7) is 0. The lowest BCUT2D eigenvalue weighted by Crippen LogP contribution is -2.11. The number of hydrogen-bond acceptors (Lipinski definition) is 2. The first-order valence-corrected chi connectivity index (χ1v) is 7.00. The molecule has 0 aliphatic carbocycles. The first kappa shape index (κ1) is 11.9. The zero-order valence-electron chi connectivity index (χ0n) is 9.19. The van der Waals surface area contributed by atoms with Gasteiger partial charge in [0, 0.05) is 15.6 Å². The molecule has 0 aromatic heterocycles. The van der Waals surface area contributed by atoms with Gasteiger partial charge in [0.2, 0.25) is 0 Å². The van der Waals surface area contributed by atoms with E-state index in [9.17, 15) is 4.79 Å². The third-order valence-corrected chi connectivity index (χ3v) is 4.11. The first-order valence-electron chi connectivity index (χ1n) is 5.41. The Labute approximate surface area is 121 Å². The van der Waals surface area contributed by atoms with Crippen LogP contribution in [-0.2, 0) is 4.79 Å². The Balaban J connectivity index is 2.25. The number of carbonyl (C=O) groups excluding carboxylic acids is 1. The SMILES string of the molecule is O=CC1c2ccc(Br)cc2Oc2c(Br)cccc21. The van der Waals surface area contributed by atoms with Crippen molar-refractivity contribution >= 4 is 38.1 Å². The highest BCUT2D eigenvalue weighted by atomic mass is 79.9. The van der Waals surface area contributed by atoms with Gasteiger partial charge in [-0.05, 0) is 34.1 Å². The number of fused-ring (bicyclic) bond motifs is 2. The van der Waals surface area contributed by atoms with Crippen LogP contribution in [0.1, 0.15) is 17.0 Å². The summed E-state index contributed by atoms with van der Waals surface area (Å²) in [4.78, 5) is 11.4. The largest absolute Gasteiger partial charge is 0.455 e. The zero-order chi connectivity index (χ0) is 12.7. The highest BCUT2D eigenvalue weighted by molar-refractivity contribution is 9.10. The highest BCUT2D eigenvalue weighted by Crippen LogP contribution is 2.46. The van der Waals surface area contributed by atoms with Crippen molar-refractivity contribution in [1.82, 2.24) is 0 Å². The molecular formula is C14H8Br2O2. The minimum absolute atomic E-state index is 0.269. The molecular weight excluding hydrogens is 360 g/mol. The number of para-hydroxylation sites is 1. The molecule has 0 amide bonds. The summed E-state index contributed by atoms with van der Waals surface area (Å²) >= 11 is 6.87. The number of ether oxygens (including phenoxy) is 1. The van der Waals surface area contributed by atoms with E-state index in [1.54, 1.807) is 0 Å². The van der Waals surface area contributed by atoms with E-state index in [-0.39, 0.29) is 5.92 Å². The Kier molecular flexibility index (Phi) is 2.99. The molecule has 2 aromatic carbocycles. The molecule has 0 saturated carbocycles. The van der Waals surface area contributed by atoms with E-state index < -0.39 is 0 Å². The maximum atomic E-state index is 11.4. The minimum atomic E-state index is -0.269. The van der Waals surface area contributed by atoms with Crippen molar-refractivity contribution in [2.45, 2.75) is 5.92 Å². The summed E-state index contributed by atoms with van der Waals surface area (Å²) in [5.74, 6) is 1.18. The molecule has 0 radical (unpaired) electrons. The Morgan fingerprint density at radius 1 is 1.11 bits per heavy atom. The Bertz CT molecular complexity index is 638. The fourth-order valence-corrected chi connectivity index (χ4v) is 2.96. The maximum absolute atomic E-state index is 11.4. The zero-order valence-corrected chi connectivity index (χ0v) is 12.4. The van der Waals surface area contributed by atoms with Crippen molar-refractivity contribution in [3.63, 3.8) is 0 Å². The number of aldehydes is 1. The van der Waals surface area contributed by atoms with Gasteiger partial charge in [0.25, 0.3) is 0 Å². The van der Waals surface area contributed by atoms with E-state index in [2.05, 4.69) is 31.9 Å². The Morgan fingerprint density at radius 3 is 2.72 bits per heavy atom. The van der Waals surface area contributed by atoms with E-state index in [0.717, 1.165) is 37.9 Å². The lowest BCUT2D eigenvalue weighted by atomic mass is 9.89. The topological polar surface area (TPSA) is 26.3 Å². The fraction of sp³-hybridized carbons (Fsp3) is 0.0714. The van der Waals surface area contributed by atoms with Gasteiger partial charge in [-0.1, -0.05) is 34.1 Å². The van der Waals surface area contributed by atoms with Gasteiger partial charge in [-0.25, -0.2) is 0 Å². The van der Waals surface area contributed by atoms with Gasteiger partial charge in [0.05, 0.1) is 10.4 Å². The van der Waals surface area contributed by atoms with Crippen molar-refractivity contribution < 1.29 is 9.53 Å². The van der Waals surface area contributed by atoms with Crippen LogP contribution < -0.4 is 4.74 Å².